The van der Waals surface area contributed by atoms with Gasteiger partial charge < -0.3 is 10.1 Å². The molecule has 0 bridgehead atoms. The number of aryl methyl sites for hydroxylation is 2. The summed E-state index contributed by atoms with van der Waals surface area (Å²) < 4.78 is 7.41. The molecule has 3 heterocycles. The quantitative estimate of drug-likeness (QED) is 0.644. The summed E-state index contributed by atoms with van der Waals surface area (Å²) in [7, 11) is 0. The van der Waals surface area contributed by atoms with Gasteiger partial charge in [-0.05, 0) is 38.8 Å². The van der Waals surface area contributed by atoms with Gasteiger partial charge in [0.25, 0.3) is 0 Å². The van der Waals surface area contributed by atoms with Gasteiger partial charge in [0.1, 0.15) is 10.5 Å². The predicted octanol–water partition coefficient (Wildman–Crippen LogP) is 2.82. The SMILES string of the molecule is Cc1ccc(-n2ncc3c(C)nnc(SCC(=O)NCC4CCCO4)c32)cc1. The van der Waals surface area contributed by atoms with E-state index in [9.17, 15) is 4.79 Å². The molecule has 1 aliphatic rings. The Hall–Kier alpha value is -2.45. The first-order valence-electron chi connectivity index (χ1n) is 9.41. The normalized spacial score (nSPS) is 16.6. The third-order valence-electron chi connectivity index (χ3n) is 4.82. The lowest BCUT2D eigenvalue weighted by Crippen LogP contribution is -2.32. The lowest BCUT2D eigenvalue weighted by molar-refractivity contribution is -0.119. The number of amides is 1. The van der Waals surface area contributed by atoms with Crippen LogP contribution >= 0.6 is 11.8 Å². The number of nitrogens with zero attached hydrogens (tertiary/aromatic N) is 4. The van der Waals surface area contributed by atoms with Crippen LogP contribution in [0.4, 0.5) is 0 Å². The van der Waals surface area contributed by atoms with E-state index in [1.807, 2.05) is 23.7 Å². The van der Waals surface area contributed by atoms with E-state index in [-0.39, 0.29) is 17.8 Å². The molecule has 8 heteroatoms. The number of hydrogen-bond acceptors (Lipinski definition) is 6. The fourth-order valence-corrected chi connectivity index (χ4v) is 4.04. The Morgan fingerprint density at radius 1 is 1.29 bits per heavy atom. The van der Waals surface area contributed by atoms with E-state index >= 15 is 0 Å². The molecule has 1 fully saturated rings. The maximum absolute atomic E-state index is 12.2. The van der Waals surface area contributed by atoms with Crippen LogP contribution in [0, 0.1) is 13.8 Å². The maximum atomic E-state index is 12.2. The van der Waals surface area contributed by atoms with Crippen molar-refractivity contribution in [1.82, 2.24) is 25.3 Å². The number of carbonyl (C=O) groups is 1. The maximum Gasteiger partial charge on any atom is 0.230 e. The van der Waals surface area contributed by atoms with Crippen LogP contribution in [0.5, 0.6) is 0 Å². The number of carbonyl (C=O) groups excluding carboxylic acids is 1. The van der Waals surface area contributed by atoms with Gasteiger partial charge in [0.2, 0.25) is 5.91 Å². The molecule has 1 N–H and O–H groups in total. The van der Waals surface area contributed by atoms with Gasteiger partial charge in [-0.15, -0.1) is 5.10 Å². The molecule has 0 aliphatic carbocycles. The van der Waals surface area contributed by atoms with Crippen molar-refractivity contribution in [1.29, 1.82) is 0 Å². The standard InChI is InChI=1S/C20H23N5O2S/c1-13-5-7-15(8-6-13)25-19-17(11-22-25)14(2)23-24-20(19)28-12-18(26)21-10-16-4-3-9-27-16/h5-8,11,16H,3-4,9-10,12H2,1-2H3,(H,21,26). The third kappa shape index (κ3) is 4.02. The molecular formula is C20H23N5O2S. The minimum Gasteiger partial charge on any atom is -0.376 e. The first-order valence-corrected chi connectivity index (χ1v) is 10.4. The van der Waals surface area contributed by atoms with Crippen LogP contribution in [0.2, 0.25) is 0 Å². The van der Waals surface area contributed by atoms with E-state index in [2.05, 4.69) is 39.7 Å². The number of thioether (sulfide) groups is 1. The van der Waals surface area contributed by atoms with Crippen LogP contribution in [-0.2, 0) is 9.53 Å². The van der Waals surface area contributed by atoms with E-state index in [0.717, 1.165) is 41.7 Å². The number of aromatic nitrogens is 4. The average Bonchev–Trinajstić information content (AvgIpc) is 3.37. The number of ether oxygens (including phenoxy) is 1. The summed E-state index contributed by atoms with van der Waals surface area (Å²) in [5, 5.41) is 17.7. The largest absolute Gasteiger partial charge is 0.376 e. The fraction of sp³-hybridized carbons (Fsp3) is 0.400. The van der Waals surface area contributed by atoms with E-state index in [1.54, 1.807) is 6.20 Å². The first-order chi connectivity index (χ1) is 13.6. The molecule has 0 radical (unpaired) electrons. The number of benzene rings is 1. The van der Waals surface area contributed by atoms with Gasteiger partial charge in [-0.2, -0.15) is 10.2 Å². The summed E-state index contributed by atoms with van der Waals surface area (Å²) in [5.41, 5.74) is 3.85. The molecule has 1 unspecified atom stereocenters. The van der Waals surface area contributed by atoms with E-state index in [1.165, 1.54) is 17.3 Å². The number of rotatable bonds is 6. The molecule has 7 nitrogen and oxygen atoms in total. The van der Waals surface area contributed by atoms with E-state index < -0.39 is 0 Å². The second-order valence-corrected chi connectivity index (χ2v) is 7.94. The van der Waals surface area contributed by atoms with Gasteiger partial charge in [0.15, 0.2) is 0 Å². The molecule has 2 aromatic heterocycles. The summed E-state index contributed by atoms with van der Waals surface area (Å²) in [6, 6.07) is 8.16. The zero-order valence-electron chi connectivity index (χ0n) is 16.0. The molecule has 3 aromatic rings. The summed E-state index contributed by atoms with van der Waals surface area (Å²) in [4.78, 5) is 12.2. The molecule has 0 saturated carbocycles. The van der Waals surface area contributed by atoms with Crippen LogP contribution in [-0.4, -0.2) is 50.9 Å². The van der Waals surface area contributed by atoms with Crippen LogP contribution in [0.25, 0.3) is 16.6 Å². The second-order valence-electron chi connectivity index (χ2n) is 6.97. The van der Waals surface area contributed by atoms with Gasteiger partial charge in [-0.3, -0.25) is 4.79 Å². The summed E-state index contributed by atoms with van der Waals surface area (Å²) in [5.74, 6) is 0.246. The zero-order chi connectivity index (χ0) is 19.5. The lowest BCUT2D eigenvalue weighted by Gasteiger charge is -2.11. The Morgan fingerprint density at radius 3 is 2.86 bits per heavy atom. The lowest BCUT2D eigenvalue weighted by atomic mass is 10.2. The summed E-state index contributed by atoms with van der Waals surface area (Å²) >= 11 is 1.38. The second kappa shape index (κ2) is 8.28. The Kier molecular flexibility index (Phi) is 5.59. The van der Waals surface area contributed by atoms with Crippen molar-refractivity contribution in [2.75, 3.05) is 18.9 Å². The molecular weight excluding hydrogens is 374 g/mol. The Bertz CT molecular complexity index is 980. The number of hydrogen-bond donors (Lipinski definition) is 1. The predicted molar refractivity (Wildman–Crippen MR) is 109 cm³/mol. The molecule has 1 aliphatic heterocycles. The molecule has 1 atom stereocenters. The van der Waals surface area contributed by atoms with Gasteiger partial charge in [0.05, 0.1) is 29.4 Å². The highest BCUT2D eigenvalue weighted by molar-refractivity contribution is 8.00. The molecule has 28 heavy (non-hydrogen) atoms. The molecule has 0 spiro atoms. The minimum absolute atomic E-state index is 0.0302. The molecule has 4 rings (SSSR count). The molecule has 1 saturated heterocycles. The van der Waals surface area contributed by atoms with Crippen molar-refractivity contribution in [2.45, 2.75) is 37.8 Å². The van der Waals surface area contributed by atoms with Gasteiger partial charge in [-0.25, -0.2) is 4.68 Å². The van der Waals surface area contributed by atoms with E-state index in [4.69, 9.17) is 4.74 Å². The van der Waals surface area contributed by atoms with Crippen LogP contribution in [0.15, 0.2) is 35.5 Å². The Balaban J connectivity index is 1.53. The van der Waals surface area contributed by atoms with Crippen LogP contribution in [0.3, 0.4) is 0 Å². The van der Waals surface area contributed by atoms with Crippen molar-refractivity contribution < 1.29 is 9.53 Å². The van der Waals surface area contributed by atoms with Gasteiger partial charge in [-0.1, -0.05) is 29.5 Å². The van der Waals surface area contributed by atoms with Gasteiger partial charge >= 0.3 is 0 Å². The summed E-state index contributed by atoms with van der Waals surface area (Å²) in [6.07, 6.45) is 4.02. The number of nitrogens with one attached hydrogen (secondary N) is 1. The fourth-order valence-electron chi connectivity index (χ4n) is 3.24. The Labute approximate surface area is 167 Å². The number of fused-ring (bicyclic) bond motifs is 1. The highest BCUT2D eigenvalue weighted by Gasteiger charge is 2.18. The smallest absolute Gasteiger partial charge is 0.230 e. The minimum atomic E-state index is -0.0302. The monoisotopic (exact) mass is 397 g/mol. The Morgan fingerprint density at radius 2 is 2.11 bits per heavy atom. The van der Waals surface area contributed by atoms with E-state index in [0.29, 0.717) is 11.6 Å². The first kappa shape index (κ1) is 18.9. The molecule has 1 aromatic carbocycles. The van der Waals surface area contributed by atoms with Crippen molar-refractivity contribution >= 4 is 28.6 Å². The topological polar surface area (TPSA) is 81.9 Å². The third-order valence-corrected chi connectivity index (χ3v) is 5.78. The zero-order valence-corrected chi connectivity index (χ0v) is 16.8. The van der Waals surface area contributed by atoms with Crippen molar-refractivity contribution in [3.8, 4) is 5.69 Å². The highest BCUT2D eigenvalue weighted by Crippen LogP contribution is 2.28. The molecule has 1 amide bonds. The van der Waals surface area contributed by atoms with Crippen molar-refractivity contribution in [2.24, 2.45) is 0 Å². The van der Waals surface area contributed by atoms with Crippen molar-refractivity contribution in [3.05, 3.63) is 41.7 Å². The van der Waals surface area contributed by atoms with Crippen molar-refractivity contribution in [3.63, 3.8) is 0 Å². The van der Waals surface area contributed by atoms with Crippen LogP contribution < -0.4 is 5.32 Å². The van der Waals surface area contributed by atoms with Gasteiger partial charge in [0, 0.05) is 18.5 Å². The van der Waals surface area contributed by atoms with Crippen LogP contribution in [0.1, 0.15) is 24.1 Å². The highest BCUT2D eigenvalue weighted by atomic mass is 32.2. The average molecular weight is 398 g/mol. The molecule has 146 valence electrons. The summed E-state index contributed by atoms with van der Waals surface area (Å²) in [6.45, 7) is 5.32.